The first kappa shape index (κ1) is 31.1. The molecule has 0 aliphatic heterocycles. The number of fused-ring (bicyclic) bond motifs is 14. The molecule has 12 aromatic rings. The largest absolute Gasteiger partial charge is 2.00 e. The van der Waals surface area contributed by atoms with Crippen LogP contribution >= 0.6 is 0 Å². The van der Waals surface area contributed by atoms with Crippen molar-refractivity contribution in [3.8, 4) is 11.4 Å². The van der Waals surface area contributed by atoms with Crippen LogP contribution in [0.3, 0.4) is 0 Å². The fraction of sp³-hybridized carbons (Fsp3) is 0. The van der Waals surface area contributed by atoms with E-state index in [1.165, 1.54) is 21.5 Å². The number of para-hydroxylation sites is 2. The number of benzene rings is 6. The van der Waals surface area contributed by atoms with Crippen LogP contribution in [0.1, 0.15) is 0 Å². The van der Waals surface area contributed by atoms with Crippen LogP contribution in [0.25, 0.3) is 98.7 Å². The van der Waals surface area contributed by atoms with E-state index < -0.39 is 0 Å². The third kappa shape index (κ3) is 4.66. The molecule has 0 N–H and O–H groups in total. The minimum atomic E-state index is 0. The molecule has 6 aromatic heterocycles. The van der Waals surface area contributed by atoms with Gasteiger partial charge >= 0.3 is 19.5 Å². The second-order valence-corrected chi connectivity index (χ2v) is 13.0. The first-order valence-corrected chi connectivity index (χ1v) is 17.2. The van der Waals surface area contributed by atoms with Crippen LogP contribution < -0.4 is 9.97 Å². The van der Waals surface area contributed by atoms with Crippen molar-refractivity contribution in [2.75, 3.05) is 0 Å². The van der Waals surface area contributed by atoms with E-state index in [2.05, 4.69) is 133 Å². The molecule has 0 amide bonds. The zero-order valence-electron chi connectivity index (χ0n) is 28.4. The summed E-state index contributed by atoms with van der Waals surface area (Å²) in [5, 5.41) is 8.13. The molecule has 244 valence electrons. The maximum absolute atomic E-state index is 4.75. The van der Waals surface area contributed by atoms with Crippen LogP contribution in [-0.2, 0) is 19.5 Å². The van der Waals surface area contributed by atoms with Gasteiger partial charge in [0.1, 0.15) is 0 Å². The van der Waals surface area contributed by atoms with E-state index in [-0.39, 0.29) is 19.5 Å². The second-order valence-electron chi connectivity index (χ2n) is 13.0. The minimum Gasteiger partial charge on any atom is -0.663 e. The summed E-state index contributed by atoms with van der Waals surface area (Å²) in [6, 6.07) is 48.3. The van der Waals surface area contributed by atoms with Crippen molar-refractivity contribution < 1.29 is 19.5 Å². The van der Waals surface area contributed by atoms with Crippen molar-refractivity contribution in [2.45, 2.75) is 0 Å². The van der Waals surface area contributed by atoms with E-state index in [4.69, 9.17) is 9.97 Å². The molecule has 0 aliphatic carbocycles. The van der Waals surface area contributed by atoms with Gasteiger partial charge in [-0.1, -0.05) is 85.2 Å². The van der Waals surface area contributed by atoms with E-state index in [0.717, 1.165) is 77.2 Å². The number of hydrogen-bond acceptors (Lipinski definition) is 3. The van der Waals surface area contributed by atoms with Gasteiger partial charge in [0.15, 0.2) is 0 Å². The zero-order chi connectivity index (χ0) is 34.2. The van der Waals surface area contributed by atoms with Gasteiger partial charge in [-0.25, -0.2) is 0 Å². The van der Waals surface area contributed by atoms with Gasteiger partial charge in [0.25, 0.3) is 0 Å². The molecule has 12 rings (SSSR count). The van der Waals surface area contributed by atoms with Gasteiger partial charge in [0.2, 0.25) is 0 Å². The van der Waals surface area contributed by atoms with Crippen LogP contribution in [0, 0.1) is 0 Å². The molecule has 0 aliphatic rings. The second kappa shape index (κ2) is 12.3. The summed E-state index contributed by atoms with van der Waals surface area (Å²) in [5.41, 5.74) is 11.7. The van der Waals surface area contributed by atoms with Crippen LogP contribution in [0.5, 0.6) is 0 Å². The monoisotopic (exact) mass is 729 g/mol. The third-order valence-electron chi connectivity index (χ3n) is 10.2. The van der Waals surface area contributed by atoms with Crippen molar-refractivity contribution >= 4 is 87.4 Å². The standard InChI is InChI=1S/C23H14N3.C22H13N4.Zn/c1-2-5-17(6-3-1)26-18-11-10-15-8-9-16-12-14-25-22(16)20(15)21(18)23-19(26)7-4-13-24-23;1-2-5-15(6-3-1)26-17-11-9-14-8-10-16-21(25-13-24-16)19(14)20(17)22-18(26)7-4-12-23-22;/h1-14H;1-13H;/q2*-1;+2. The average molecular weight is 731 g/mol. The summed E-state index contributed by atoms with van der Waals surface area (Å²) >= 11 is 0. The van der Waals surface area contributed by atoms with Crippen LogP contribution in [-0.4, -0.2) is 24.1 Å². The molecule has 6 aromatic carbocycles. The quantitative estimate of drug-likeness (QED) is 0.166. The van der Waals surface area contributed by atoms with E-state index >= 15 is 0 Å². The number of pyridine rings is 2. The number of rotatable bonds is 2. The number of hydrogen-bond donors (Lipinski definition) is 0. The molecule has 0 atom stereocenters. The van der Waals surface area contributed by atoms with Gasteiger partial charge in [-0.3, -0.25) is 9.97 Å². The Hall–Kier alpha value is -6.63. The molecule has 0 unspecified atom stereocenters. The SMILES string of the molecule is [Zn+2].c1ccc(-n2c3cccnc3c3c4c(ccc5cc[n-]c54)ccc32)cc1.c1ccc(-n2c3cccnc3c3c4c(ccc5nc[n-]c54)ccc32)cc1. The Kier molecular flexibility index (Phi) is 7.20. The van der Waals surface area contributed by atoms with Gasteiger partial charge in [-0.05, 0) is 98.6 Å². The van der Waals surface area contributed by atoms with Gasteiger partial charge in [0, 0.05) is 34.5 Å². The van der Waals surface area contributed by atoms with Crippen molar-refractivity contribution in [1.82, 2.24) is 34.1 Å². The smallest absolute Gasteiger partial charge is 0.663 e. The molecule has 8 heteroatoms. The van der Waals surface area contributed by atoms with Gasteiger partial charge < -0.3 is 24.1 Å². The molecule has 0 bridgehead atoms. The van der Waals surface area contributed by atoms with Gasteiger partial charge in [0.05, 0.1) is 33.1 Å². The first-order chi connectivity index (χ1) is 25.8. The van der Waals surface area contributed by atoms with Crippen LogP contribution in [0.2, 0.25) is 0 Å². The zero-order valence-corrected chi connectivity index (χ0v) is 31.4. The van der Waals surface area contributed by atoms with Crippen molar-refractivity contribution in [3.05, 3.63) is 164 Å². The molecule has 0 saturated heterocycles. The van der Waals surface area contributed by atoms with E-state index in [0.29, 0.717) is 0 Å². The maximum atomic E-state index is 4.75. The summed E-state index contributed by atoms with van der Waals surface area (Å²) in [7, 11) is 0. The third-order valence-corrected chi connectivity index (χ3v) is 10.2. The first-order valence-electron chi connectivity index (χ1n) is 17.2. The van der Waals surface area contributed by atoms with Crippen LogP contribution in [0.15, 0.2) is 164 Å². The predicted molar refractivity (Wildman–Crippen MR) is 212 cm³/mol. The fourth-order valence-corrected chi connectivity index (χ4v) is 7.99. The molecular weight excluding hydrogens is 704 g/mol. The molecule has 0 saturated carbocycles. The normalized spacial score (nSPS) is 11.6. The Balaban J connectivity index is 0.000000129. The van der Waals surface area contributed by atoms with Crippen LogP contribution in [0.4, 0.5) is 0 Å². The summed E-state index contributed by atoms with van der Waals surface area (Å²) in [5.74, 6) is 0. The maximum Gasteiger partial charge on any atom is 2.00 e. The Bertz CT molecular complexity index is 3080. The number of aromatic nitrogens is 7. The molecule has 0 fully saturated rings. The van der Waals surface area contributed by atoms with Gasteiger partial charge in [-0.15, -0.1) is 5.52 Å². The number of imidazole rings is 1. The van der Waals surface area contributed by atoms with E-state index in [9.17, 15) is 0 Å². The Morgan fingerprint density at radius 3 is 1.53 bits per heavy atom. The Labute approximate surface area is 315 Å². The summed E-state index contributed by atoms with van der Waals surface area (Å²) < 4.78 is 4.56. The van der Waals surface area contributed by atoms with Crippen molar-refractivity contribution in [3.63, 3.8) is 0 Å². The van der Waals surface area contributed by atoms with E-state index in [1.54, 1.807) is 6.33 Å². The molecule has 0 spiro atoms. The summed E-state index contributed by atoms with van der Waals surface area (Å²) in [4.78, 5) is 23.0. The summed E-state index contributed by atoms with van der Waals surface area (Å²) in [6.45, 7) is 0. The van der Waals surface area contributed by atoms with Crippen molar-refractivity contribution in [2.24, 2.45) is 0 Å². The number of nitrogens with zero attached hydrogens (tertiary/aromatic N) is 7. The fourth-order valence-electron chi connectivity index (χ4n) is 7.99. The molecule has 7 nitrogen and oxygen atoms in total. The summed E-state index contributed by atoms with van der Waals surface area (Å²) in [6.07, 6.45) is 7.24. The minimum absolute atomic E-state index is 0. The van der Waals surface area contributed by atoms with E-state index in [1.807, 2.05) is 48.9 Å². The average Bonchev–Trinajstić information content (AvgIpc) is 4.01. The van der Waals surface area contributed by atoms with Crippen molar-refractivity contribution in [1.29, 1.82) is 0 Å². The Morgan fingerprint density at radius 1 is 0.396 bits per heavy atom. The topological polar surface area (TPSA) is 76.7 Å². The molecule has 0 radical (unpaired) electrons. The molecule has 6 heterocycles. The Morgan fingerprint density at radius 2 is 0.925 bits per heavy atom. The predicted octanol–water partition coefficient (Wildman–Crippen LogP) is 10.3. The molecular formula is C45H27N7Zn. The van der Waals surface area contributed by atoms with Gasteiger partial charge in [-0.2, -0.15) is 6.20 Å². The molecule has 53 heavy (non-hydrogen) atoms.